The van der Waals surface area contributed by atoms with Crippen molar-refractivity contribution in [2.45, 2.75) is 12.5 Å². The SMILES string of the molecule is O=CN[C@H](COC(=O)CCNCl)c1ccccc1. The first-order chi connectivity index (χ1) is 8.77. The van der Waals surface area contributed by atoms with E-state index in [1.165, 1.54) is 0 Å². The molecule has 0 saturated carbocycles. The van der Waals surface area contributed by atoms with Gasteiger partial charge >= 0.3 is 5.97 Å². The maximum Gasteiger partial charge on any atom is 0.307 e. The number of hydrogen-bond acceptors (Lipinski definition) is 4. The summed E-state index contributed by atoms with van der Waals surface area (Å²) in [5.74, 6) is -0.364. The van der Waals surface area contributed by atoms with Gasteiger partial charge in [-0.3, -0.25) is 9.59 Å². The Morgan fingerprint density at radius 3 is 2.72 bits per heavy atom. The zero-order valence-electron chi connectivity index (χ0n) is 9.77. The van der Waals surface area contributed by atoms with Gasteiger partial charge < -0.3 is 10.1 Å². The van der Waals surface area contributed by atoms with E-state index in [-0.39, 0.29) is 25.0 Å². The Balaban J connectivity index is 2.48. The molecule has 0 heterocycles. The molecule has 5 nitrogen and oxygen atoms in total. The molecule has 0 unspecified atom stereocenters. The van der Waals surface area contributed by atoms with Crippen LogP contribution in [0.5, 0.6) is 0 Å². The molecule has 0 aliphatic rings. The second kappa shape index (κ2) is 8.49. The Morgan fingerprint density at radius 1 is 1.39 bits per heavy atom. The van der Waals surface area contributed by atoms with E-state index in [0.717, 1.165) is 5.56 Å². The van der Waals surface area contributed by atoms with Gasteiger partial charge in [0, 0.05) is 6.54 Å². The van der Waals surface area contributed by atoms with Gasteiger partial charge in [-0.05, 0) is 17.3 Å². The van der Waals surface area contributed by atoms with Crippen LogP contribution in [0.2, 0.25) is 0 Å². The normalized spacial score (nSPS) is 11.6. The molecule has 1 rings (SSSR count). The molecule has 6 heteroatoms. The van der Waals surface area contributed by atoms with Gasteiger partial charge in [-0.25, -0.2) is 4.84 Å². The smallest absolute Gasteiger partial charge is 0.307 e. The van der Waals surface area contributed by atoms with Gasteiger partial charge in [0.1, 0.15) is 6.61 Å². The summed E-state index contributed by atoms with van der Waals surface area (Å²) in [5, 5.41) is 2.61. The summed E-state index contributed by atoms with van der Waals surface area (Å²) in [6.45, 7) is 0.446. The minimum atomic E-state index is -0.364. The van der Waals surface area contributed by atoms with E-state index in [1.54, 1.807) is 0 Å². The topological polar surface area (TPSA) is 67.4 Å². The zero-order chi connectivity index (χ0) is 13.2. The molecule has 1 aromatic carbocycles. The Morgan fingerprint density at radius 2 is 2.11 bits per heavy atom. The summed E-state index contributed by atoms with van der Waals surface area (Å²) in [7, 11) is 0. The van der Waals surface area contributed by atoms with Gasteiger partial charge in [-0.15, -0.1) is 0 Å². The van der Waals surface area contributed by atoms with Gasteiger partial charge in [-0.1, -0.05) is 30.3 Å². The van der Waals surface area contributed by atoms with Gasteiger partial charge in [0.05, 0.1) is 12.5 Å². The largest absolute Gasteiger partial charge is 0.463 e. The van der Waals surface area contributed by atoms with Crippen molar-refractivity contribution < 1.29 is 14.3 Å². The van der Waals surface area contributed by atoms with E-state index in [4.69, 9.17) is 16.5 Å². The van der Waals surface area contributed by atoms with Crippen molar-refractivity contribution in [3.8, 4) is 0 Å². The van der Waals surface area contributed by atoms with Crippen LogP contribution >= 0.6 is 11.8 Å². The van der Waals surface area contributed by atoms with Crippen LogP contribution in [0.25, 0.3) is 0 Å². The first-order valence-corrected chi connectivity index (χ1v) is 5.89. The van der Waals surface area contributed by atoms with Gasteiger partial charge in [0.2, 0.25) is 6.41 Å². The molecule has 0 aliphatic heterocycles. The van der Waals surface area contributed by atoms with Crippen LogP contribution in [-0.4, -0.2) is 25.5 Å². The summed E-state index contributed by atoms with van der Waals surface area (Å²) in [6, 6.07) is 8.96. The van der Waals surface area contributed by atoms with Gasteiger partial charge in [0.15, 0.2) is 0 Å². The Kier molecular flexibility index (Phi) is 6.83. The lowest BCUT2D eigenvalue weighted by molar-refractivity contribution is -0.144. The second-order valence-corrected chi connectivity index (χ2v) is 3.83. The molecular weight excluding hydrogens is 256 g/mol. The molecule has 2 N–H and O–H groups in total. The maximum absolute atomic E-state index is 11.3. The number of carbonyl (C=O) groups excluding carboxylic acids is 2. The lowest BCUT2D eigenvalue weighted by Crippen LogP contribution is -2.26. The first-order valence-electron chi connectivity index (χ1n) is 5.51. The van der Waals surface area contributed by atoms with Crippen molar-refractivity contribution in [1.82, 2.24) is 10.2 Å². The summed E-state index contributed by atoms with van der Waals surface area (Å²) in [6.07, 6.45) is 0.776. The Bertz CT molecular complexity index is 373. The number of rotatable bonds is 8. The van der Waals surface area contributed by atoms with Crippen LogP contribution in [0.4, 0.5) is 0 Å². The highest BCUT2D eigenvalue weighted by Crippen LogP contribution is 2.12. The number of amides is 1. The summed E-state index contributed by atoms with van der Waals surface area (Å²) >= 11 is 5.24. The molecule has 1 atom stereocenters. The van der Waals surface area contributed by atoms with E-state index in [2.05, 4.69) is 10.2 Å². The van der Waals surface area contributed by atoms with Crippen molar-refractivity contribution >= 4 is 24.2 Å². The number of hydrogen-bond donors (Lipinski definition) is 2. The number of halogens is 1. The van der Waals surface area contributed by atoms with Crippen LogP contribution in [0, 0.1) is 0 Å². The zero-order valence-corrected chi connectivity index (χ0v) is 10.5. The Labute approximate surface area is 111 Å². The molecule has 18 heavy (non-hydrogen) atoms. The monoisotopic (exact) mass is 270 g/mol. The lowest BCUT2D eigenvalue weighted by atomic mass is 10.1. The Hall–Kier alpha value is -1.59. The number of ether oxygens (including phenoxy) is 1. The number of benzene rings is 1. The van der Waals surface area contributed by atoms with Crippen LogP contribution in [0.15, 0.2) is 30.3 Å². The minimum absolute atomic E-state index is 0.101. The molecule has 0 aliphatic carbocycles. The molecule has 0 spiro atoms. The predicted octanol–water partition coefficient (Wildman–Crippen LogP) is 1.15. The summed E-state index contributed by atoms with van der Waals surface area (Å²) < 4.78 is 5.05. The fourth-order valence-corrected chi connectivity index (χ4v) is 1.50. The summed E-state index contributed by atoms with van der Waals surface area (Å²) in [5.41, 5.74) is 0.882. The summed E-state index contributed by atoms with van der Waals surface area (Å²) in [4.78, 5) is 24.2. The number of esters is 1. The number of carbonyl (C=O) groups is 2. The third-order valence-electron chi connectivity index (χ3n) is 2.31. The third kappa shape index (κ3) is 5.16. The molecule has 0 bridgehead atoms. The molecular formula is C12H15ClN2O3. The van der Waals surface area contributed by atoms with E-state index in [1.807, 2.05) is 30.3 Å². The van der Waals surface area contributed by atoms with Crippen molar-refractivity contribution in [3.63, 3.8) is 0 Å². The fourth-order valence-electron chi connectivity index (χ4n) is 1.41. The average Bonchev–Trinajstić information content (AvgIpc) is 2.42. The lowest BCUT2D eigenvalue weighted by Gasteiger charge is -2.16. The molecule has 98 valence electrons. The third-order valence-corrected chi connectivity index (χ3v) is 2.49. The van der Waals surface area contributed by atoms with Crippen LogP contribution in [-0.2, 0) is 14.3 Å². The molecule has 1 aromatic rings. The van der Waals surface area contributed by atoms with Crippen molar-refractivity contribution in [1.29, 1.82) is 0 Å². The van der Waals surface area contributed by atoms with Crippen molar-refractivity contribution in [2.24, 2.45) is 0 Å². The maximum atomic E-state index is 11.3. The van der Waals surface area contributed by atoms with E-state index < -0.39 is 0 Å². The predicted molar refractivity (Wildman–Crippen MR) is 67.8 cm³/mol. The van der Waals surface area contributed by atoms with Crippen molar-refractivity contribution in [2.75, 3.05) is 13.2 Å². The van der Waals surface area contributed by atoms with Crippen LogP contribution in [0.1, 0.15) is 18.0 Å². The van der Waals surface area contributed by atoms with Crippen LogP contribution in [0.3, 0.4) is 0 Å². The second-order valence-electron chi connectivity index (χ2n) is 3.56. The molecule has 0 radical (unpaired) electrons. The minimum Gasteiger partial charge on any atom is -0.463 e. The average molecular weight is 271 g/mol. The van der Waals surface area contributed by atoms with Gasteiger partial charge in [-0.2, -0.15) is 0 Å². The van der Waals surface area contributed by atoms with Crippen LogP contribution < -0.4 is 10.2 Å². The highest BCUT2D eigenvalue weighted by atomic mass is 35.5. The quantitative estimate of drug-likeness (QED) is 0.422. The standard InChI is InChI=1S/C12H15ClN2O3/c13-15-7-6-12(17)18-8-11(14-9-16)10-4-2-1-3-5-10/h1-5,9,11,15H,6-8H2,(H,14,16)/t11-/m1/s1. The fraction of sp³-hybridized carbons (Fsp3) is 0.333. The molecule has 0 fully saturated rings. The molecule has 1 amide bonds. The van der Waals surface area contributed by atoms with E-state index in [9.17, 15) is 9.59 Å². The highest BCUT2D eigenvalue weighted by molar-refractivity contribution is 6.13. The van der Waals surface area contributed by atoms with Crippen molar-refractivity contribution in [3.05, 3.63) is 35.9 Å². The first kappa shape index (κ1) is 14.5. The van der Waals surface area contributed by atoms with E-state index >= 15 is 0 Å². The molecule has 0 aromatic heterocycles. The van der Waals surface area contributed by atoms with E-state index in [0.29, 0.717) is 13.0 Å². The van der Waals surface area contributed by atoms with Gasteiger partial charge in [0.25, 0.3) is 0 Å². The highest BCUT2D eigenvalue weighted by Gasteiger charge is 2.12. The molecule has 0 saturated heterocycles. The number of nitrogens with one attached hydrogen (secondary N) is 2.